The first kappa shape index (κ1) is 11.9. The van der Waals surface area contributed by atoms with E-state index in [0.717, 1.165) is 0 Å². The molecule has 0 saturated carbocycles. The quantitative estimate of drug-likeness (QED) is 0.521. The third-order valence-corrected chi connectivity index (χ3v) is 2.61. The van der Waals surface area contributed by atoms with Gasteiger partial charge in [0, 0.05) is 5.33 Å². The van der Waals surface area contributed by atoms with Gasteiger partial charge in [-0.05, 0) is 0 Å². The van der Waals surface area contributed by atoms with Gasteiger partial charge in [0.25, 0.3) is 0 Å². The number of rotatable bonds is 2. The van der Waals surface area contributed by atoms with Crippen molar-refractivity contribution in [1.29, 1.82) is 0 Å². The number of hydrogen-bond acceptors (Lipinski definition) is 2. The van der Waals surface area contributed by atoms with Crippen LogP contribution < -0.4 is 5.11 Å². The summed E-state index contributed by atoms with van der Waals surface area (Å²) < 4.78 is 0. The van der Waals surface area contributed by atoms with Gasteiger partial charge in [-0.15, -0.1) is 0 Å². The molecule has 0 aliphatic rings. The molecule has 5 heteroatoms. The van der Waals surface area contributed by atoms with E-state index >= 15 is 0 Å². The number of hydrogen-bond donors (Lipinski definition) is 0. The fourth-order valence-electron chi connectivity index (χ4n) is 0.0630. The second kappa shape index (κ2) is 6.29. The summed E-state index contributed by atoms with van der Waals surface area (Å²) in [6.45, 7) is 0. The molecule has 0 aliphatic heterocycles. The van der Waals surface area contributed by atoms with Gasteiger partial charge in [-0.2, -0.15) is 0 Å². The van der Waals surface area contributed by atoms with Crippen LogP contribution in [0.1, 0.15) is 0 Å². The molecule has 0 bridgehead atoms. The van der Waals surface area contributed by atoms with Crippen LogP contribution in [0.2, 0.25) is 0 Å². The van der Waals surface area contributed by atoms with Gasteiger partial charge in [0.15, 0.2) is 0 Å². The van der Waals surface area contributed by atoms with Crippen LogP contribution in [0.3, 0.4) is 0 Å². The Morgan fingerprint density at radius 1 is 1.75 bits per heavy atom. The van der Waals surface area contributed by atoms with Crippen molar-refractivity contribution in [2.75, 3.05) is 5.33 Å². The number of aliphatic carboxylic acids is 1. The van der Waals surface area contributed by atoms with E-state index in [1.165, 1.54) is 0 Å². The van der Waals surface area contributed by atoms with Gasteiger partial charge in [0.2, 0.25) is 0 Å². The van der Waals surface area contributed by atoms with Crippen molar-refractivity contribution in [3.8, 4) is 0 Å². The van der Waals surface area contributed by atoms with Crippen molar-refractivity contribution in [3.05, 3.63) is 0 Å². The van der Waals surface area contributed by atoms with Crippen LogP contribution in [0, 0.1) is 0 Å². The maximum absolute atomic E-state index is 9.74. The van der Waals surface area contributed by atoms with E-state index in [1.807, 2.05) is 0 Å². The molecule has 0 fully saturated rings. The smallest absolute Gasteiger partial charge is 0.549 e. The first-order valence-electron chi connectivity index (χ1n) is 1.59. The van der Waals surface area contributed by atoms with Gasteiger partial charge in [-0.1, -0.05) is 31.9 Å². The monoisotopic (exact) mass is 336 g/mol. The van der Waals surface area contributed by atoms with Gasteiger partial charge in [-0.25, -0.2) is 0 Å². The molecule has 2 nitrogen and oxygen atoms in total. The molecule has 8 heavy (non-hydrogen) atoms. The van der Waals surface area contributed by atoms with Gasteiger partial charge < -0.3 is 9.90 Å². The van der Waals surface area contributed by atoms with Crippen LogP contribution in [0.4, 0.5) is 0 Å². The van der Waals surface area contributed by atoms with E-state index in [1.54, 1.807) is 0 Å². The number of carbonyl (C=O) groups is 1. The van der Waals surface area contributed by atoms with Crippen molar-refractivity contribution in [2.45, 2.75) is 4.83 Å². The minimum absolute atomic E-state index is 0. The molecule has 0 amide bonds. The Balaban J connectivity index is 0. The van der Waals surface area contributed by atoms with Gasteiger partial charge in [-0.3, -0.25) is 0 Å². The Labute approximate surface area is 79.8 Å². The predicted octanol–water partition coefficient (Wildman–Crippen LogP) is -0.108. The average Bonchev–Trinajstić information content (AvgIpc) is 1.65. The number of carboxylic acid groups (broad SMARTS) is 1. The summed E-state index contributed by atoms with van der Waals surface area (Å²) in [7, 11) is 0. The van der Waals surface area contributed by atoms with E-state index in [0.29, 0.717) is 5.33 Å². The van der Waals surface area contributed by atoms with Crippen molar-refractivity contribution < 1.29 is 32.3 Å². The first-order chi connectivity index (χ1) is 3.18. The Morgan fingerprint density at radius 3 is 2.12 bits per heavy atom. The fraction of sp³-hybridized carbons (Fsp3) is 0.667. The Morgan fingerprint density at radius 2 is 2.12 bits per heavy atom. The maximum Gasteiger partial charge on any atom is 1.00 e. The molecule has 0 radical (unpaired) electrons. The van der Waals surface area contributed by atoms with E-state index in [9.17, 15) is 9.90 Å². The maximum atomic E-state index is 9.74. The molecule has 0 aromatic heterocycles. The fourth-order valence-corrected chi connectivity index (χ4v) is 0.327. The number of carbonyl (C=O) groups excluding carboxylic acids is 1. The summed E-state index contributed by atoms with van der Waals surface area (Å²) in [4.78, 5) is 9.18. The molecule has 0 N–H and O–H groups in total. The summed E-state index contributed by atoms with van der Waals surface area (Å²) in [5.74, 6) is -1.09. The molecule has 0 aromatic carbocycles. The van der Waals surface area contributed by atoms with Crippen LogP contribution >= 0.6 is 31.9 Å². The third kappa shape index (κ3) is 5.31. The van der Waals surface area contributed by atoms with E-state index in [-0.39, 0.29) is 22.4 Å². The molecular weight excluding hydrogens is 336 g/mol. The second-order valence-corrected chi connectivity index (χ2v) is 2.69. The SMILES string of the molecule is O=C([O-])C(Br)CBr.[Ag+]. The normalized spacial score (nSPS) is 11.8. The topological polar surface area (TPSA) is 40.1 Å². The predicted molar refractivity (Wildman–Crippen MR) is 31.5 cm³/mol. The van der Waals surface area contributed by atoms with Crippen LogP contribution in [0.15, 0.2) is 0 Å². The van der Waals surface area contributed by atoms with Gasteiger partial charge in [0.1, 0.15) is 0 Å². The van der Waals surface area contributed by atoms with Crippen molar-refractivity contribution in [1.82, 2.24) is 0 Å². The molecule has 1 atom stereocenters. The molecule has 0 rings (SSSR count). The molecule has 1 unspecified atom stereocenters. The Bertz CT molecular complexity index is 77.7. The molecule has 0 saturated heterocycles. The molecule has 0 aliphatic carbocycles. The average molecular weight is 339 g/mol. The first-order valence-corrected chi connectivity index (χ1v) is 3.63. The Hall–Kier alpha value is 1.17. The zero-order valence-corrected chi connectivity index (χ0v) is 8.31. The van der Waals surface area contributed by atoms with Crippen LogP contribution in [-0.4, -0.2) is 16.1 Å². The Kier molecular flexibility index (Phi) is 9.37. The van der Waals surface area contributed by atoms with Gasteiger partial charge >= 0.3 is 22.4 Å². The number of carboxylic acids is 1. The van der Waals surface area contributed by atoms with Crippen molar-refractivity contribution in [2.24, 2.45) is 0 Å². The van der Waals surface area contributed by atoms with Crippen LogP contribution in [-0.2, 0) is 27.2 Å². The summed E-state index contributed by atoms with van der Waals surface area (Å²) in [6, 6.07) is 0. The van der Waals surface area contributed by atoms with Crippen LogP contribution in [0.5, 0.6) is 0 Å². The van der Waals surface area contributed by atoms with E-state index in [2.05, 4.69) is 31.9 Å². The van der Waals surface area contributed by atoms with Crippen molar-refractivity contribution >= 4 is 37.8 Å². The molecule has 0 aromatic rings. The van der Waals surface area contributed by atoms with E-state index < -0.39 is 10.8 Å². The molecule has 0 spiro atoms. The minimum atomic E-state index is -1.09. The third-order valence-electron chi connectivity index (χ3n) is 0.391. The molecule has 52 valence electrons. The minimum Gasteiger partial charge on any atom is -0.549 e. The van der Waals surface area contributed by atoms with Crippen molar-refractivity contribution in [3.63, 3.8) is 0 Å². The molecular formula is C3H3AgBr2O2. The number of alkyl halides is 2. The summed E-state index contributed by atoms with van der Waals surface area (Å²) in [5.41, 5.74) is 0. The zero-order valence-electron chi connectivity index (χ0n) is 3.66. The number of halogens is 2. The summed E-state index contributed by atoms with van der Waals surface area (Å²) in [5, 5.41) is 10.1. The second-order valence-electron chi connectivity index (χ2n) is 0.941. The standard InChI is InChI=1S/C3H4Br2O2.Ag/c4-1-2(5)3(6)7;/h2H,1H2,(H,6,7);/q;+1/p-1. The van der Waals surface area contributed by atoms with Crippen LogP contribution in [0.25, 0.3) is 0 Å². The zero-order chi connectivity index (χ0) is 5.86. The molecule has 0 heterocycles. The summed E-state index contributed by atoms with van der Waals surface area (Å²) in [6.07, 6.45) is 0. The largest absolute Gasteiger partial charge is 1.00 e. The summed E-state index contributed by atoms with van der Waals surface area (Å²) >= 11 is 5.78. The van der Waals surface area contributed by atoms with E-state index in [4.69, 9.17) is 0 Å². The van der Waals surface area contributed by atoms with Gasteiger partial charge in [0.05, 0.1) is 10.8 Å².